The SMILES string of the molecule is O=C(CCCCC1CCSS1)NCCc1cc(Cl)c2c(c1)OCCO2. The number of hydrogen-bond acceptors (Lipinski definition) is 5. The van der Waals surface area contributed by atoms with Crippen LogP contribution in [0.4, 0.5) is 0 Å². The van der Waals surface area contributed by atoms with E-state index in [9.17, 15) is 4.79 Å². The Morgan fingerprint density at radius 1 is 1.28 bits per heavy atom. The number of carbonyl (C=O) groups is 1. The minimum Gasteiger partial charge on any atom is -0.486 e. The molecule has 1 saturated heterocycles. The fraction of sp³-hybridized carbons (Fsp3) is 0.611. The molecule has 25 heavy (non-hydrogen) atoms. The van der Waals surface area contributed by atoms with Gasteiger partial charge in [0, 0.05) is 24.0 Å². The van der Waals surface area contributed by atoms with Crippen molar-refractivity contribution >= 4 is 39.1 Å². The molecule has 2 heterocycles. The van der Waals surface area contributed by atoms with Crippen molar-refractivity contribution in [1.82, 2.24) is 5.32 Å². The Balaban J connectivity index is 1.33. The van der Waals surface area contributed by atoms with Crippen molar-refractivity contribution in [2.24, 2.45) is 0 Å². The van der Waals surface area contributed by atoms with E-state index in [1.54, 1.807) is 0 Å². The number of rotatable bonds is 8. The second-order valence-electron chi connectivity index (χ2n) is 6.28. The second-order valence-corrected chi connectivity index (χ2v) is 9.47. The monoisotopic (exact) mass is 401 g/mol. The number of amides is 1. The standard InChI is InChI=1S/C18H24ClNO3S2/c19-15-11-13(12-16-18(15)23-9-8-22-16)5-7-20-17(21)4-2-1-3-14-6-10-24-25-14/h11-12,14H,1-10H2,(H,20,21). The summed E-state index contributed by atoms with van der Waals surface area (Å²) in [5, 5.41) is 4.37. The Bertz CT molecular complexity index is 594. The van der Waals surface area contributed by atoms with Gasteiger partial charge < -0.3 is 14.8 Å². The maximum atomic E-state index is 11.9. The van der Waals surface area contributed by atoms with E-state index >= 15 is 0 Å². The maximum Gasteiger partial charge on any atom is 0.220 e. The minimum absolute atomic E-state index is 0.136. The van der Waals surface area contributed by atoms with Gasteiger partial charge in [0.25, 0.3) is 0 Å². The molecule has 1 fully saturated rings. The second kappa shape index (κ2) is 9.83. The zero-order valence-corrected chi connectivity index (χ0v) is 16.6. The number of halogens is 1. The Morgan fingerprint density at radius 2 is 2.16 bits per heavy atom. The zero-order valence-electron chi connectivity index (χ0n) is 14.2. The van der Waals surface area contributed by atoms with Gasteiger partial charge in [-0.1, -0.05) is 39.6 Å². The molecule has 4 nitrogen and oxygen atoms in total. The number of unbranched alkanes of at least 4 members (excludes halogenated alkanes) is 1. The summed E-state index contributed by atoms with van der Waals surface area (Å²) in [6.07, 6.45) is 6.03. The summed E-state index contributed by atoms with van der Waals surface area (Å²) in [7, 11) is 3.99. The Labute approximate surface area is 162 Å². The largest absolute Gasteiger partial charge is 0.486 e. The predicted octanol–water partition coefficient (Wildman–Crippen LogP) is 4.48. The van der Waals surface area contributed by atoms with Gasteiger partial charge in [-0.25, -0.2) is 0 Å². The molecule has 1 atom stereocenters. The van der Waals surface area contributed by atoms with Crippen molar-refractivity contribution in [3.8, 4) is 11.5 Å². The third-order valence-corrected chi connectivity index (χ3v) is 7.59. The van der Waals surface area contributed by atoms with Crippen LogP contribution in [0.25, 0.3) is 0 Å². The van der Waals surface area contributed by atoms with Gasteiger partial charge in [0.2, 0.25) is 5.91 Å². The number of hydrogen-bond donors (Lipinski definition) is 1. The lowest BCUT2D eigenvalue weighted by atomic mass is 10.1. The van der Waals surface area contributed by atoms with E-state index < -0.39 is 0 Å². The first kappa shape index (κ1) is 19.1. The summed E-state index contributed by atoms with van der Waals surface area (Å²) in [4.78, 5) is 11.9. The van der Waals surface area contributed by atoms with Gasteiger partial charge in [-0.3, -0.25) is 4.79 Å². The molecular formula is C18H24ClNO3S2. The summed E-state index contributed by atoms with van der Waals surface area (Å²) < 4.78 is 11.1. The number of ether oxygens (including phenoxy) is 2. The van der Waals surface area contributed by atoms with E-state index in [4.69, 9.17) is 21.1 Å². The van der Waals surface area contributed by atoms with E-state index in [2.05, 4.69) is 5.32 Å². The van der Waals surface area contributed by atoms with Crippen molar-refractivity contribution < 1.29 is 14.3 Å². The van der Waals surface area contributed by atoms with Crippen molar-refractivity contribution in [3.05, 3.63) is 22.7 Å². The third-order valence-electron chi connectivity index (χ3n) is 4.30. The highest BCUT2D eigenvalue weighted by Gasteiger charge is 2.17. The average molecular weight is 402 g/mol. The molecule has 0 radical (unpaired) electrons. The molecule has 0 spiro atoms. The molecule has 0 aliphatic carbocycles. The summed E-state index contributed by atoms with van der Waals surface area (Å²) in [5.41, 5.74) is 1.05. The first-order valence-electron chi connectivity index (χ1n) is 8.85. The van der Waals surface area contributed by atoms with Gasteiger partial charge >= 0.3 is 0 Å². The topological polar surface area (TPSA) is 47.6 Å². The number of fused-ring (bicyclic) bond motifs is 1. The van der Waals surface area contributed by atoms with E-state index in [1.807, 2.05) is 33.7 Å². The van der Waals surface area contributed by atoms with Crippen molar-refractivity contribution in [2.75, 3.05) is 25.5 Å². The van der Waals surface area contributed by atoms with Gasteiger partial charge in [0.15, 0.2) is 11.5 Å². The van der Waals surface area contributed by atoms with Crippen LogP contribution in [0.5, 0.6) is 11.5 Å². The molecule has 0 saturated carbocycles. The maximum absolute atomic E-state index is 11.9. The lowest BCUT2D eigenvalue weighted by molar-refractivity contribution is -0.121. The minimum atomic E-state index is 0.136. The van der Waals surface area contributed by atoms with Crippen molar-refractivity contribution in [2.45, 2.75) is 43.8 Å². The molecule has 1 unspecified atom stereocenters. The highest BCUT2D eigenvalue weighted by atomic mass is 35.5. The molecule has 2 aliphatic heterocycles. The summed E-state index contributed by atoms with van der Waals surface area (Å²) in [6.45, 7) is 1.69. The van der Waals surface area contributed by atoms with Crippen LogP contribution in [0.2, 0.25) is 5.02 Å². The molecular weight excluding hydrogens is 378 g/mol. The summed E-state index contributed by atoms with van der Waals surface area (Å²) in [6, 6.07) is 3.84. The smallest absolute Gasteiger partial charge is 0.220 e. The van der Waals surface area contributed by atoms with Gasteiger partial charge in [0.1, 0.15) is 13.2 Å². The van der Waals surface area contributed by atoms with Gasteiger partial charge in [0.05, 0.1) is 5.02 Å². The summed E-state index contributed by atoms with van der Waals surface area (Å²) in [5.74, 6) is 2.74. The molecule has 1 N–H and O–H groups in total. The van der Waals surface area contributed by atoms with Gasteiger partial charge in [-0.2, -0.15) is 0 Å². The van der Waals surface area contributed by atoms with Crippen LogP contribution >= 0.6 is 33.2 Å². The molecule has 1 amide bonds. The Morgan fingerprint density at radius 3 is 3.00 bits per heavy atom. The molecule has 7 heteroatoms. The third kappa shape index (κ3) is 5.90. The highest BCUT2D eigenvalue weighted by Crippen LogP contribution is 2.40. The lowest BCUT2D eigenvalue weighted by Crippen LogP contribution is -2.25. The van der Waals surface area contributed by atoms with Crippen molar-refractivity contribution in [3.63, 3.8) is 0 Å². The first-order valence-corrected chi connectivity index (χ1v) is 11.6. The van der Waals surface area contributed by atoms with Crippen molar-refractivity contribution in [1.29, 1.82) is 0 Å². The lowest BCUT2D eigenvalue weighted by Gasteiger charge is -2.20. The first-order chi connectivity index (χ1) is 12.2. The quantitative estimate of drug-likeness (QED) is 0.514. The van der Waals surface area contributed by atoms with Crippen LogP contribution in [-0.2, 0) is 11.2 Å². The zero-order chi connectivity index (χ0) is 17.5. The summed E-state index contributed by atoms with van der Waals surface area (Å²) >= 11 is 6.23. The van der Waals surface area contributed by atoms with Crippen LogP contribution in [0.15, 0.2) is 12.1 Å². The molecule has 1 aromatic carbocycles. The van der Waals surface area contributed by atoms with Gasteiger partial charge in [-0.15, -0.1) is 0 Å². The molecule has 1 aromatic rings. The Kier molecular flexibility index (Phi) is 7.49. The van der Waals surface area contributed by atoms with E-state index in [-0.39, 0.29) is 5.91 Å². The molecule has 3 rings (SSSR count). The average Bonchev–Trinajstić information content (AvgIpc) is 3.12. The number of benzene rings is 1. The van der Waals surface area contributed by atoms with Crippen LogP contribution in [0.1, 0.15) is 37.7 Å². The van der Waals surface area contributed by atoms with Crippen LogP contribution in [0.3, 0.4) is 0 Å². The van der Waals surface area contributed by atoms with E-state index in [0.29, 0.717) is 42.7 Å². The van der Waals surface area contributed by atoms with Crippen LogP contribution in [-0.4, -0.2) is 36.7 Å². The number of carbonyl (C=O) groups excluding carboxylic acids is 1. The van der Waals surface area contributed by atoms with E-state index in [1.165, 1.54) is 18.6 Å². The fourth-order valence-electron chi connectivity index (χ4n) is 2.97. The normalized spacial score (nSPS) is 19.0. The van der Waals surface area contributed by atoms with Crippen LogP contribution in [0, 0.1) is 0 Å². The fourth-order valence-corrected chi connectivity index (χ4v) is 6.28. The molecule has 138 valence electrons. The van der Waals surface area contributed by atoms with Gasteiger partial charge in [-0.05, 0) is 43.4 Å². The predicted molar refractivity (Wildman–Crippen MR) is 106 cm³/mol. The highest BCUT2D eigenvalue weighted by molar-refractivity contribution is 8.77. The molecule has 0 aromatic heterocycles. The van der Waals surface area contributed by atoms with E-state index in [0.717, 1.165) is 30.1 Å². The number of nitrogens with one attached hydrogen (secondary N) is 1. The molecule has 0 bridgehead atoms. The molecule has 2 aliphatic rings. The van der Waals surface area contributed by atoms with Crippen LogP contribution < -0.4 is 14.8 Å². The Hall–Kier alpha value is -0.720.